The molecule has 9 nitrogen and oxygen atoms in total. The van der Waals surface area contributed by atoms with E-state index in [-0.39, 0.29) is 22.2 Å². The smallest absolute Gasteiger partial charge is 0.243 e. The van der Waals surface area contributed by atoms with Crippen LogP contribution in [0.15, 0.2) is 52.3 Å². The summed E-state index contributed by atoms with van der Waals surface area (Å²) in [5.41, 5.74) is 1.13. The molecule has 0 unspecified atom stereocenters. The van der Waals surface area contributed by atoms with Crippen molar-refractivity contribution in [3.63, 3.8) is 0 Å². The van der Waals surface area contributed by atoms with E-state index >= 15 is 0 Å². The summed E-state index contributed by atoms with van der Waals surface area (Å²) in [6.07, 6.45) is 1.10. The van der Waals surface area contributed by atoms with Crippen LogP contribution in [0, 0.1) is 12.8 Å². The fourth-order valence-corrected chi connectivity index (χ4v) is 5.72. The van der Waals surface area contributed by atoms with Crippen molar-refractivity contribution >= 4 is 31.6 Å². The molecule has 32 heavy (non-hydrogen) atoms. The van der Waals surface area contributed by atoms with E-state index in [1.165, 1.54) is 34.6 Å². The summed E-state index contributed by atoms with van der Waals surface area (Å²) >= 11 is 0. The van der Waals surface area contributed by atoms with E-state index < -0.39 is 26.0 Å². The number of amides is 1. The van der Waals surface area contributed by atoms with Crippen LogP contribution in [-0.4, -0.2) is 46.7 Å². The second-order valence-electron chi connectivity index (χ2n) is 7.62. The molecule has 1 heterocycles. The quantitative estimate of drug-likeness (QED) is 0.621. The number of carbonyl (C=O) groups excluding carboxylic acids is 1. The molecule has 2 aromatic rings. The van der Waals surface area contributed by atoms with Gasteiger partial charge in [0, 0.05) is 18.8 Å². The van der Waals surface area contributed by atoms with Gasteiger partial charge in [-0.25, -0.2) is 22.0 Å². The number of ether oxygens (including phenoxy) is 1. The average molecular weight is 482 g/mol. The summed E-state index contributed by atoms with van der Waals surface area (Å²) in [7, 11) is -7.58. The van der Waals surface area contributed by atoms with Crippen molar-refractivity contribution in [2.75, 3.05) is 25.0 Å². The summed E-state index contributed by atoms with van der Waals surface area (Å²) in [5, 5.41) is 7.80. The van der Waals surface area contributed by atoms with Gasteiger partial charge in [0.2, 0.25) is 26.0 Å². The third-order valence-corrected chi connectivity index (χ3v) is 8.08. The number of nitrogens with one attached hydrogen (secondary N) is 1. The number of hydrogen-bond donors (Lipinski definition) is 2. The molecule has 1 amide bonds. The molecule has 1 aliphatic heterocycles. The number of aryl methyl sites for hydroxylation is 1. The number of nitrogens with zero attached hydrogens (tertiary/aromatic N) is 1. The van der Waals surface area contributed by atoms with Crippen LogP contribution in [0.1, 0.15) is 25.3 Å². The van der Waals surface area contributed by atoms with Gasteiger partial charge in [-0.05, 0) is 74.7 Å². The van der Waals surface area contributed by atoms with E-state index in [0.29, 0.717) is 37.4 Å². The Morgan fingerprint density at radius 3 is 2.38 bits per heavy atom. The highest BCUT2D eigenvalue weighted by Gasteiger charge is 2.33. The van der Waals surface area contributed by atoms with Crippen LogP contribution in [0.4, 0.5) is 5.69 Å². The molecule has 2 aromatic carbocycles. The van der Waals surface area contributed by atoms with Gasteiger partial charge in [0.15, 0.2) is 0 Å². The fraction of sp³-hybridized carbons (Fsp3) is 0.381. The molecule has 0 saturated carbocycles. The summed E-state index contributed by atoms with van der Waals surface area (Å²) in [5.74, 6) is -0.216. The minimum Gasteiger partial charge on any atom is -0.494 e. The third-order valence-electron chi connectivity index (χ3n) is 5.29. The maximum Gasteiger partial charge on any atom is 0.243 e. The SMILES string of the molecule is CCOc1ccc(S(=O)(=O)N2CCC[C@@H](C(=O)Nc3ccc(S(N)(=O)=O)cc3)C2)cc1C. The minimum atomic E-state index is -3.82. The first-order valence-corrected chi connectivity index (χ1v) is 13.2. The van der Waals surface area contributed by atoms with Crippen LogP contribution in [0.3, 0.4) is 0 Å². The molecule has 0 radical (unpaired) electrons. The highest BCUT2D eigenvalue weighted by molar-refractivity contribution is 7.89. The fourth-order valence-electron chi connectivity index (χ4n) is 3.60. The van der Waals surface area contributed by atoms with Crippen molar-refractivity contribution in [2.24, 2.45) is 11.1 Å². The molecule has 0 bridgehead atoms. The highest BCUT2D eigenvalue weighted by atomic mass is 32.2. The standard InChI is InChI=1S/C21H27N3O6S2/c1-3-30-20-11-10-19(13-15(20)2)32(28,29)24-12-4-5-16(14-24)21(25)23-17-6-8-18(9-7-17)31(22,26)27/h6-11,13,16H,3-5,12,14H2,1-2H3,(H,23,25)(H2,22,26,27)/t16-/m1/s1. The predicted molar refractivity (Wildman–Crippen MR) is 120 cm³/mol. The second kappa shape index (κ2) is 9.57. The molecule has 11 heteroatoms. The highest BCUT2D eigenvalue weighted by Crippen LogP contribution is 2.28. The zero-order chi connectivity index (χ0) is 23.5. The molecule has 1 atom stereocenters. The van der Waals surface area contributed by atoms with E-state index in [2.05, 4.69) is 5.32 Å². The maximum atomic E-state index is 13.2. The molecule has 3 rings (SSSR count). The molecule has 1 saturated heterocycles. The Labute approximate surface area is 188 Å². The van der Waals surface area contributed by atoms with Crippen molar-refractivity contribution in [2.45, 2.75) is 36.5 Å². The number of sulfonamides is 2. The molecule has 0 aromatic heterocycles. The molecule has 3 N–H and O–H groups in total. The Bertz CT molecular complexity index is 1190. The van der Waals surface area contributed by atoms with Crippen LogP contribution < -0.4 is 15.2 Å². The van der Waals surface area contributed by atoms with Gasteiger partial charge in [-0.2, -0.15) is 4.31 Å². The topological polar surface area (TPSA) is 136 Å². The normalized spacial score (nSPS) is 17.7. The first-order valence-electron chi connectivity index (χ1n) is 10.2. The van der Waals surface area contributed by atoms with Gasteiger partial charge in [-0.1, -0.05) is 0 Å². The molecule has 0 aliphatic carbocycles. The zero-order valence-electron chi connectivity index (χ0n) is 17.9. The van der Waals surface area contributed by atoms with E-state index in [0.717, 1.165) is 5.56 Å². The Morgan fingerprint density at radius 1 is 1.12 bits per heavy atom. The second-order valence-corrected chi connectivity index (χ2v) is 11.1. The minimum absolute atomic E-state index is 0.0592. The lowest BCUT2D eigenvalue weighted by Crippen LogP contribution is -2.43. The van der Waals surface area contributed by atoms with Crippen LogP contribution in [0.25, 0.3) is 0 Å². The molecule has 174 valence electrons. The number of hydrogen-bond acceptors (Lipinski definition) is 6. The van der Waals surface area contributed by atoms with Crippen molar-refractivity contribution in [3.8, 4) is 5.75 Å². The van der Waals surface area contributed by atoms with Crippen LogP contribution in [-0.2, 0) is 24.8 Å². The summed E-state index contributed by atoms with van der Waals surface area (Å²) in [6.45, 7) is 4.53. The monoisotopic (exact) mass is 481 g/mol. The lowest BCUT2D eigenvalue weighted by Gasteiger charge is -2.31. The number of primary sulfonamides is 1. The van der Waals surface area contributed by atoms with E-state index in [1.807, 2.05) is 6.92 Å². The van der Waals surface area contributed by atoms with Gasteiger partial charge in [-0.3, -0.25) is 4.79 Å². The van der Waals surface area contributed by atoms with E-state index in [4.69, 9.17) is 9.88 Å². The summed E-state index contributed by atoms with van der Waals surface area (Å²) < 4.78 is 55.8. The number of nitrogens with two attached hydrogens (primary N) is 1. The Hall–Kier alpha value is -2.47. The Morgan fingerprint density at radius 2 is 1.78 bits per heavy atom. The maximum absolute atomic E-state index is 13.2. The van der Waals surface area contributed by atoms with Gasteiger partial charge >= 0.3 is 0 Å². The molecular formula is C21H27N3O6S2. The van der Waals surface area contributed by atoms with Crippen molar-refractivity contribution in [1.29, 1.82) is 0 Å². The number of anilines is 1. The van der Waals surface area contributed by atoms with Gasteiger partial charge in [-0.15, -0.1) is 0 Å². The first-order chi connectivity index (χ1) is 15.0. The third kappa shape index (κ3) is 5.47. The summed E-state index contributed by atoms with van der Waals surface area (Å²) in [6, 6.07) is 10.2. The number of benzene rings is 2. The van der Waals surface area contributed by atoms with Gasteiger partial charge in [0.25, 0.3) is 0 Å². The first kappa shape index (κ1) is 24.2. The van der Waals surface area contributed by atoms with Crippen molar-refractivity contribution in [3.05, 3.63) is 48.0 Å². The molecule has 1 aliphatic rings. The van der Waals surface area contributed by atoms with Crippen LogP contribution in [0.2, 0.25) is 0 Å². The van der Waals surface area contributed by atoms with Gasteiger partial charge in [0.05, 0.1) is 22.3 Å². The lowest BCUT2D eigenvalue weighted by molar-refractivity contribution is -0.120. The summed E-state index contributed by atoms with van der Waals surface area (Å²) in [4.78, 5) is 12.8. The van der Waals surface area contributed by atoms with Crippen molar-refractivity contribution in [1.82, 2.24) is 4.31 Å². The number of carbonyl (C=O) groups is 1. The number of rotatable bonds is 7. The van der Waals surface area contributed by atoms with Crippen molar-refractivity contribution < 1.29 is 26.4 Å². The molecule has 0 spiro atoms. The van der Waals surface area contributed by atoms with Crippen LogP contribution in [0.5, 0.6) is 5.75 Å². The largest absolute Gasteiger partial charge is 0.494 e. The molecular weight excluding hydrogens is 454 g/mol. The van der Waals surface area contributed by atoms with E-state index in [1.54, 1.807) is 19.1 Å². The van der Waals surface area contributed by atoms with Gasteiger partial charge < -0.3 is 10.1 Å². The Balaban J connectivity index is 1.71. The van der Waals surface area contributed by atoms with Gasteiger partial charge in [0.1, 0.15) is 5.75 Å². The van der Waals surface area contributed by atoms with Crippen LogP contribution >= 0.6 is 0 Å². The Kier molecular flexibility index (Phi) is 7.23. The zero-order valence-corrected chi connectivity index (χ0v) is 19.6. The average Bonchev–Trinajstić information content (AvgIpc) is 2.75. The molecule has 1 fully saturated rings. The lowest BCUT2D eigenvalue weighted by atomic mass is 9.99. The number of piperidine rings is 1. The van der Waals surface area contributed by atoms with E-state index in [9.17, 15) is 21.6 Å². The predicted octanol–water partition coefficient (Wildman–Crippen LogP) is 2.08.